The number of hydrogen-bond acceptors (Lipinski definition) is 4. The molecule has 0 spiro atoms. The van der Waals surface area contributed by atoms with Gasteiger partial charge in [-0.15, -0.1) is 23.1 Å². The van der Waals surface area contributed by atoms with E-state index in [1.54, 1.807) is 23.1 Å². The van der Waals surface area contributed by atoms with Gasteiger partial charge in [-0.3, -0.25) is 10.1 Å². The van der Waals surface area contributed by atoms with E-state index >= 15 is 0 Å². The second-order valence-electron chi connectivity index (χ2n) is 7.14. The number of carbonyl (C=O) groups excluding carboxylic acids is 1. The molecule has 1 amide bonds. The molecular weight excluding hydrogens is 420 g/mol. The molecule has 1 heterocycles. The zero-order valence-electron chi connectivity index (χ0n) is 17.6. The van der Waals surface area contributed by atoms with Crippen LogP contribution < -0.4 is 5.32 Å². The highest BCUT2D eigenvalue weighted by atomic mass is 32.2. The maximum Gasteiger partial charge on any atom is 0.258 e. The van der Waals surface area contributed by atoms with Crippen LogP contribution >= 0.6 is 23.1 Å². The number of thiazole rings is 1. The molecule has 0 fully saturated rings. The molecule has 1 aromatic heterocycles. The van der Waals surface area contributed by atoms with Crippen LogP contribution in [-0.4, -0.2) is 17.1 Å². The number of hydrogen-bond donors (Lipinski definition) is 1. The van der Waals surface area contributed by atoms with Gasteiger partial charge in [0.15, 0.2) is 5.13 Å². The lowest BCUT2D eigenvalue weighted by Crippen LogP contribution is -2.12. The number of amides is 1. The molecule has 4 rings (SSSR count). The minimum Gasteiger partial charge on any atom is -0.298 e. The molecular formula is C26H24N2OS2. The van der Waals surface area contributed by atoms with Crippen LogP contribution in [0.4, 0.5) is 5.13 Å². The molecule has 0 aliphatic carbocycles. The summed E-state index contributed by atoms with van der Waals surface area (Å²) in [6.45, 7) is 2.16. The Morgan fingerprint density at radius 2 is 1.55 bits per heavy atom. The van der Waals surface area contributed by atoms with Gasteiger partial charge in [0.05, 0.1) is 11.3 Å². The molecule has 0 unspecified atom stereocenters. The fraction of sp³-hybridized carbons (Fsp3) is 0.154. The predicted octanol–water partition coefficient (Wildman–Crippen LogP) is 7.40. The molecule has 3 nitrogen and oxygen atoms in total. The first-order valence-electron chi connectivity index (χ1n) is 10.3. The van der Waals surface area contributed by atoms with E-state index in [-0.39, 0.29) is 5.91 Å². The Balaban J connectivity index is 1.61. The van der Waals surface area contributed by atoms with Crippen molar-refractivity contribution < 1.29 is 4.79 Å². The van der Waals surface area contributed by atoms with Crippen molar-refractivity contribution in [3.05, 3.63) is 89.3 Å². The standard InChI is InChI=1S/C26H24N2OS2/c1-3-9-23-24(20-16-14-19(15-17-20)18-10-5-4-6-11-18)27-26(31-23)28-25(29)21-12-7-8-13-22(21)30-2/h4-8,10-17H,3,9H2,1-2H3,(H,27,28,29). The maximum atomic E-state index is 12.9. The van der Waals surface area contributed by atoms with E-state index in [9.17, 15) is 4.79 Å². The van der Waals surface area contributed by atoms with E-state index in [0.717, 1.165) is 29.0 Å². The monoisotopic (exact) mass is 444 g/mol. The summed E-state index contributed by atoms with van der Waals surface area (Å²) in [6.07, 6.45) is 3.94. The van der Waals surface area contributed by atoms with Crippen LogP contribution in [0.5, 0.6) is 0 Å². The van der Waals surface area contributed by atoms with Crippen LogP contribution in [0.3, 0.4) is 0 Å². The molecule has 1 N–H and O–H groups in total. The van der Waals surface area contributed by atoms with Crippen molar-refractivity contribution in [2.45, 2.75) is 24.7 Å². The van der Waals surface area contributed by atoms with Crippen molar-refractivity contribution in [1.29, 1.82) is 0 Å². The lowest BCUT2D eigenvalue weighted by atomic mass is 10.0. The zero-order valence-corrected chi connectivity index (χ0v) is 19.2. The summed E-state index contributed by atoms with van der Waals surface area (Å²) < 4.78 is 0. The van der Waals surface area contributed by atoms with Gasteiger partial charge in [0.1, 0.15) is 0 Å². The molecule has 0 atom stereocenters. The predicted molar refractivity (Wildman–Crippen MR) is 133 cm³/mol. The highest BCUT2D eigenvalue weighted by Crippen LogP contribution is 2.34. The van der Waals surface area contributed by atoms with Gasteiger partial charge in [-0.1, -0.05) is 80.1 Å². The molecule has 0 radical (unpaired) electrons. The van der Waals surface area contributed by atoms with Crippen LogP contribution in [0.1, 0.15) is 28.6 Å². The lowest BCUT2D eigenvalue weighted by Gasteiger charge is -2.06. The van der Waals surface area contributed by atoms with Gasteiger partial charge in [0, 0.05) is 15.3 Å². The largest absolute Gasteiger partial charge is 0.298 e. The van der Waals surface area contributed by atoms with Crippen molar-refractivity contribution in [2.75, 3.05) is 11.6 Å². The van der Waals surface area contributed by atoms with Gasteiger partial charge in [0.2, 0.25) is 0 Å². The first-order chi connectivity index (χ1) is 15.2. The highest BCUT2D eigenvalue weighted by Gasteiger charge is 2.17. The number of aromatic nitrogens is 1. The third-order valence-electron chi connectivity index (χ3n) is 5.01. The number of rotatable bonds is 7. The first-order valence-corrected chi connectivity index (χ1v) is 12.3. The molecule has 0 aliphatic heterocycles. The van der Waals surface area contributed by atoms with Gasteiger partial charge in [0.25, 0.3) is 5.91 Å². The van der Waals surface area contributed by atoms with E-state index in [1.165, 1.54) is 16.0 Å². The number of carbonyl (C=O) groups is 1. The fourth-order valence-corrected chi connectivity index (χ4v) is 5.15. The summed E-state index contributed by atoms with van der Waals surface area (Å²) in [5.74, 6) is -0.118. The van der Waals surface area contributed by atoms with Crippen LogP contribution in [-0.2, 0) is 6.42 Å². The quantitative estimate of drug-likeness (QED) is 0.302. The van der Waals surface area contributed by atoms with Crippen molar-refractivity contribution in [2.24, 2.45) is 0 Å². The molecule has 3 aromatic carbocycles. The number of benzene rings is 3. The third-order valence-corrected chi connectivity index (χ3v) is 6.84. The van der Waals surface area contributed by atoms with E-state index in [2.05, 4.69) is 48.6 Å². The van der Waals surface area contributed by atoms with Gasteiger partial charge in [-0.2, -0.15) is 0 Å². The minimum absolute atomic E-state index is 0.118. The molecule has 4 aromatic rings. The number of nitrogens with zero attached hydrogens (tertiary/aromatic N) is 1. The third kappa shape index (κ3) is 4.89. The Morgan fingerprint density at radius 1 is 0.903 bits per heavy atom. The minimum atomic E-state index is -0.118. The van der Waals surface area contributed by atoms with Crippen molar-refractivity contribution in [1.82, 2.24) is 4.98 Å². The first kappa shape index (κ1) is 21.3. The fourth-order valence-electron chi connectivity index (χ4n) is 3.48. The molecule has 5 heteroatoms. The normalized spacial score (nSPS) is 10.8. The molecule has 0 bridgehead atoms. The number of aryl methyl sites for hydroxylation is 1. The zero-order chi connectivity index (χ0) is 21.6. The average molecular weight is 445 g/mol. The van der Waals surface area contributed by atoms with Crippen LogP contribution in [0.25, 0.3) is 22.4 Å². The van der Waals surface area contributed by atoms with E-state index in [4.69, 9.17) is 4.98 Å². The molecule has 0 saturated heterocycles. The Bertz CT molecular complexity index is 1170. The number of thioether (sulfide) groups is 1. The summed E-state index contributed by atoms with van der Waals surface area (Å²) >= 11 is 3.14. The molecule has 31 heavy (non-hydrogen) atoms. The van der Waals surface area contributed by atoms with E-state index < -0.39 is 0 Å². The van der Waals surface area contributed by atoms with Gasteiger partial charge < -0.3 is 0 Å². The highest BCUT2D eigenvalue weighted by molar-refractivity contribution is 7.98. The van der Waals surface area contributed by atoms with Gasteiger partial charge >= 0.3 is 0 Å². The number of nitrogens with one attached hydrogen (secondary N) is 1. The topological polar surface area (TPSA) is 42.0 Å². The summed E-state index contributed by atoms with van der Waals surface area (Å²) in [5.41, 5.74) is 5.08. The number of anilines is 1. The maximum absolute atomic E-state index is 12.9. The van der Waals surface area contributed by atoms with E-state index in [0.29, 0.717) is 10.7 Å². The summed E-state index contributed by atoms with van der Waals surface area (Å²) in [6, 6.07) is 26.5. The van der Waals surface area contributed by atoms with Crippen molar-refractivity contribution in [3.8, 4) is 22.4 Å². The van der Waals surface area contributed by atoms with Crippen LogP contribution in [0.15, 0.2) is 83.8 Å². The average Bonchev–Trinajstić information content (AvgIpc) is 3.22. The Labute approximate surface area is 191 Å². The Morgan fingerprint density at radius 3 is 2.26 bits per heavy atom. The summed E-state index contributed by atoms with van der Waals surface area (Å²) in [7, 11) is 0. The smallest absolute Gasteiger partial charge is 0.258 e. The molecule has 156 valence electrons. The van der Waals surface area contributed by atoms with E-state index in [1.807, 2.05) is 48.7 Å². The SMILES string of the molecule is CCCc1sc(NC(=O)c2ccccc2SC)nc1-c1ccc(-c2ccccc2)cc1. The van der Waals surface area contributed by atoms with Gasteiger partial charge in [-0.05, 0) is 35.9 Å². The second-order valence-corrected chi connectivity index (χ2v) is 9.07. The van der Waals surface area contributed by atoms with Gasteiger partial charge in [-0.25, -0.2) is 4.98 Å². The van der Waals surface area contributed by atoms with Crippen LogP contribution in [0.2, 0.25) is 0 Å². The van der Waals surface area contributed by atoms with Crippen molar-refractivity contribution >= 4 is 34.1 Å². The molecule has 0 aliphatic rings. The van der Waals surface area contributed by atoms with Crippen LogP contribution in [0, 0.1) is 0 Å². The lowest BCUT2D eigenvalue weighted by molar-refractivity contribution is 0.102. The van der Waals surface area contributed by atoms with Crippen molar-refractivity contribution in [3.63, 3.8) is 0 Å². The summed E-state index contributed by atoms with van der Waals surface area (Å²) in [4.78, 5) is 19.8. The Kier molecular flexibility index (Phi) is 6.85. The Hall–Kier alpha value is -2.89. The molecule has 0 saturated carbocycles. The summed E-state index contributed by atoms with van der Waals surface area (Å²) in [5, 5.41) is 3.66. The second kappa shape index (κ2) is 9.94.